The van der Waals surface area contributed by atoms with Gasteiger partial charge in [-0.1, -0.05) is 12.1 Å². The zero-order chi connectivity index (χ0) is 21.5. The fourth-order valence-corrected chi connectivity index (χ4v) is 3.52. The molecule has 9 heteroatoms. The number of carbonyl (C=O) groups is 1. The molecule has 0 fully saturated rings. The second-order valence-electron chi connectivity index (χ2n) is 6.18. The van der Waals surface area contributed by atoms with Crippen molar-refractivity contribution in [2.24, 2.45) is 5.10 Å². The van der Waals surface area contributed by atoms with E-state index in [-0.39, 0.29) is 0 Å². The number of amides is 1. The number of hydrazone groups is 1. The Hall–Kier alpha value is -2.78. The molecule has 1 amide bonds. The highest BCUT2D eigenvalue weighted by Gasteiger charge is 2.28. The highest BCUT2D eigenvalue weighted by molar-refractivity contribution is 9.10. The second kappa shape index (κ2) is 10.3. The molecule has 3 rings (SSSR count). The van der Waals surface area contributed by atoms with Crippen molar-refractivity contribution in [2.75, 3.05) is 34.0 Å². The molecule has 1 unspecified atom stereocenters. The minimum atomic E-state index is -0.891. The molecule has 0 aromatic heterocycles. The molecule has 0 aliphatic carbocycles. The number of carbonyl (C=O) groups excluding carboxylic acids is 1. The Morgan fingerprint density at radius 1 is 1.23 bits per heavy atom. The van der Waals surface area contributed by atoms with E-state index in [4.69, 9.17) is 23.7 Å². The molecule has 0 spiro atoms. The van der Waals surface area contributed by atoms with Gasteiger partial charge in [0.05, 0.1) is 20.4 Å². The van der Waals surface area contributed by atoms with Gasteiger partial charge in [-0.15, -0.1) is 0 Å². The first kappa shape index (κ1) is 21.9. The van der Waals surface area contributed by atoms with E-state index in [0.29, 0.717) is 58.4 Å². The second-order valence-corrected chi connectivity index (χ2v) is 6.97. The fraction of sp³-hybridized carbons (Fsp3) is 0.333. The van der Waals surface area contributed by atoms with Gasteiger partial charge in [0, 0.05) is 17.7 Å². The maximum Gasteiger partial charge on any atom is 0.273 e. The Morgan fingerprint density at radius 2 is 1.93 bits per heavy atom. The molecule has 1 atom stereocenters. The van der Waals surface area contributed by atoms with Crippen LogP contribution in [-0.4, -0.2) is 46.2 Å². The van der Waals surface area contributed by atoms with Crippen LogP contribution in [-0.2, 0) is 9.53 Å². The van der Waals surface area contributed by atoms with E-state index >= 15 is 0 Å². The van der Waals surface area contributed by atoms with Crippen molar-refractivity contribution in [2.45, 2.75) is 13.0 Å². The molecule has 1 N–H and O–H groups in total. The molecule has 1 heterocycles. The molecule has 8 nitrogen and oxygen atoms in total. The summed E-state index contributed by atoms with van der Waals surface area (Å²) in [6.07, 6.45) is 0.608. The lowest BCUT2D eigenvalue weighted by Crippen LogP contribution is -2.28. The summed E-state index contributed by atoms with van der Waals surface area (Å²) >= 11 is 3.42. The zero-order valence-corrected chi connectivity index (χ0v) is 18.5. The molecular formula is C21H23BrN2O6. The first-order chi connectivity index (χ1) is 14.6. The number of nitrogens with one attached hydrogen (secondary N) is 1. The summed E-state index contributed by atoms with van der Waals surface area (Å²) in [7, 11) is 3.11. The van der Waals surface area contributed by atoms with Gasteiger partial charge in [0.2, 0.25) is 0 Å². The number of para-hydroxylation sites is 1. The first-order valence-corrected chi connectivity index (χ1v) is 10.1. The van der Waals surface area contributed by atoms with Crippen LogP contribution in [0.4, 0.5) is 0 Å². The number of nitrogens with zero attached hydrogens (tertiary/aromatic N) is 1. The number of ether oxygens (including phenoxy) is 5. The molecule has 1 aliphatic heterocycles. The molecule has 0 saturated carbocycles. The minimum Gasteiger partial charge on any atom is -0.495 e. The lowest BCUT2D eigenvalue weighted by atomic mass is 10.1. The minimum absolute atomic E-state index is 0.341. The number of methoxy groups -OCH3 is 2. The number of rotatable bonds is 8. The van der Waals surface area contributed by atoms with Crippen molar-refractivity contribution in [3.05, 3.63) is 45.9 Å². The lowest BCUT2D eigenvalue weighted by Gasteiger charge is -2.24. The van der Waals surface area contributed by atoms with Crippen LogP contribution in [0, 0.1) is 0 Å². The van der Waals surface area contributed by atoms with Gasteiger partial charge in [0.1, 0.15) is 29.2 Å². The predicted molar refractivity (Wildman–Crippen MR) is 115 cm³/mol. The smallest absolute Gasteiger partial charge is 0.273 e. The highest BCUT2D eigenvalue weighted by atomic mass is 79.9. The van der Waals surface area contributed by atoms with Gasteiger partial charge >= 0.3 is 0 Å². The Labute approximate surface area is 183 Å². The standard InChI is InChI=1S/C21H23BrN2O6/c1-4-28-20(14-6-5-7-15-19(14)30-9-8-29-15)21(25)24-23-12-13-10-16(26-2)18(22)17(11-13)27-3/h5-7,10-12,20H,4,8-9H2,1-3H3,(H,24,25). The van der Waals surface area contributed by atoms with Crippen LogP contribution in [0.1, 0.15) is 24.2 Å². The van der Waals surface area contributed by atoms with Crippen LogP contribution in [0.25, 0.3) is 0 Å². The molecule has 160 valence electrons. The van der Waals surface area contributed by atoms with Gasteiger partial charge in [-0.25, -0.2) is 5.43 Å². The molecule has 30 heavy (non-hydrogen) atoms. The van der Waals surface area contributed by atoms with Gasteiger partial charge in [0.25, 0.3) is 5.91 Å². The summed E-state index contributed by atoms with van der Waals surface area (Å²) in [4.78, 5) is 12.8. The van der Waals surface area contributed by atoms with Gasteiger partial charge in [-0.05, 0) is 41.1 Å². The Balaban J connectivity index is 1.78. The molecule has 0 bridgehead atoms. The summed E-state index contributed by atoms with van der Waals surface area (Å²) in [5, 5.41) is 4.06. The van der Waals surface area contributed by atoms with Crippen LogP contribution >= 0.6 is 15.9 Å². The van der Waals surface area contributed by atoms with Crippen molar-refractivity contribution < 1.29 is 28.5 Å². The summed E-state index contributed by atoms with van der Waals surface area (Å²) < 4.78 is 28.3. The van der Waals surface area contributed by atoms with Crippen molar-refractivity contribution in [3.63, 3.8) is 0 Å². The maximum absolute atomic E-state index is 12.8. The van der Waals surface area contributed by atoms with Gasteiger partial charge in [-0.3, -0.25) is 4.79 Å². The van der Waals surface area contributed by atoms with Gasteiger partial charge in [0.15, 0.2) is 17.6 Å². The SMILES string of the molecule is CCOC(C(=O)NN=Cc1cc(OC)c(Br)c(OC)c1)c1cccc2c1OCCO2. The van der Waals surface area contributed by atoms with E-state index in [1.54, 1.807) is 44.6 Å². The van der Waals surface area contributed by atoms with Crippen LogP contribution in [0.3, 0.4) is 0 Å². The van der Waals surface area contributed by atoms with E-state index in [1.807, 2.05) is 6.92 Å². The molecule has 2 aromatic carbocycles. The van der Waals surface area contributed by atoms with Crippen LogP contribution in [0.2, 0.25) is 0 Å². The van der Waals surface area contributed by atoms with Crippen molar-refractivity contribution in [3.8, 4) is 23.0 Å². The van der Waals surface area contributed by atoms with Crippen molar-refractivity contribution >= 4 is 28.1 Å². The fourth-order valence-electron chi connectivity index (χ4n) is 2.97. The Morgan fingerprint density at radius 3 is 2.60 bits per heavy atom. The third-order valence-electron chi connectivity index (χ3n) is 4.31. The normalized spacial score (nSPS) is 13.7. The average molecular weight is 479 g/mol. The number of halogens is 1. The van der Waals surface area contributed by atoms with E-state index in [2.05, 4.69) is 26.5 Å². The summed E-state index contributed by atoms with van der Waals surface area (Å²) in [6.45, 7) is 3.03. The average Bonchev–Trinajstić information content (AvgIpc) is 2.78. The third-order valence-corrected chi connectivity index (χ3v) is 5.09. The largest absolute Gasteiger partial charge is 0.495 e. The number of hydrogen-bond donors (Lipinski definition) is 1. The van der Waals surface area contributed by atoms with E-state index in [0.717, 1.165) is 0 Å². The topological polar surface area (TPSA) is 87.6 Å². The first-order valence-electron chi connectivity index (χ1n) is 9.33. The van der Waals surface area contributed by atoms with Crippen molar-refractivity contribution in [1.82, 2.24) is 5.43 Å². The number of hydrogen-bond acceptors (Lipinski definition) is 7. The number of fused-ring (bicyclic) bond motifs is 1. The van der Waals surface area contributed by atoms with E-state index < -0.39 is 12.0 Å². The van der Waals surface area contributed by atoms with E-state index in [1.165, 1.54) is 6.21 Å². The van der Waals surface area contributed by atoms with E-state index in [9.17, 15) is 4.79 Å². The lowest BCUT2D eigenvalue weighted by molar-refractivity contribution is -0.133. The maximum atomic E-state index is 12.8. The van der Waals surface area contributed by atoms with Gasteiger partial charge < -0.3 is 23.7 Å². The quantitative estimate of drug-likeness (QED) is 0.461. The van der Waals surface area contributed by atoms with Crippen LogP contribution in [0.5, 0.6) is 23.0 Å². The Kier molecular flexibility index (Phi) is 7.53. The molecule has 0 radical (unpaired) electrons. The van der Waals surface area contributed by atoms with Crippen LogP contribution in [0.15, 0.2) is 39.9 Å². The van der Waals surface area contributed by atoms with Gasteiger partial charge in [-0.2, -0.15) is 5.10 Å². The van der Waals surface area contributed by atoms with Crippen LogP contribution < -0.4 is 24.4 Å². The molecule has 2 aromatic rings. The number of benzene rings is 2. The summed E-state index contributed by atoms with van der Waals surface area (Å²) in [5.74, 6) is 1.86. The molecular weight excluding hydrogens is 456 g/mol. The zero-order valence-electron chi connectivity index (χ0n) is 16.9. The van der Waals surface area contributed by atoms with Crippen molar-refractivity contribution in [1.29, 1.82) is 0 Å². The summed E-state index contributed by atoms with van der Waals surface area (Å²) in [6, 6.07) is 8.90. The third kappa shape index (κ3) is 4.85. The summed E-state index contributed by atoms with van der Waals surface area (Å²) in [5.41, 5.74) is 3.81. The molecule has 1 aliphatic rings. The molecule has 0 saturated heterocycles. The Bertz CT molecular complexity index is 909. The predicted octanol–water partition coefficient (Wildman–Crippen LogP) is 3.47. The monoisotopic (exact) mass is 478 g/mol. The highest BCUT2D eigenvalue weighted by Crippen LogP contribution is 2.38.